The minimum atomic E-state index is -0.712. The van der Waals surface area contributed by atoms with E-state index < -0.39 is 6.10 Å². The molecule has 1 atom stereocenters. The van der Waals surface area contributed by atoms with E-state index in [1.54, 1.807) is 31.2 Å². The first-order valence-corrected chi connectivity index (χ1v) is 8.39. The molecule has 0 radical (unpaired) electrons. The predicted octanol–water partition coefficient (Wildman–Crippen LogP) is 4.77. The molecule has 0 aliphatic carbocycles. The fourth-order valence-corrected chi connectivity index (χ4v) is 2.50. The van der Waals surface area contributed by atoms with Gasteiger partial charge in [-0.2, -0.15) is 5.26 Å². The molecular formula is C22H17FN2O2. The topological polar surface area (TPSA) is 62.1 Å². The number of halogens is 1. The zero-order chi connectivity index (χ0) is 19.2. The Labute approximate surface area is 156 Å². The number of rotatable bonds is 5. The van der Waals surface area contributed by atoms with Crippen molar-refractivity contribution >= 4 is 11.6 Å². The first-order chi connectivity index (χ1) is 13.0. The van der Waals surface area contributed by atoms with Gasteiger partial charge in [0.2, 0.25) is 0 Å². The normalized spacial score (nSPS) is 11.3. The Morgan fingerprint density at radius 3 is 2.07 bits per heavy atom. The third-order valence-corrected chi connectivity index (χ3v) is 4.00. The van der Waals surface area contributed by atoms with E-state index in [1.807, 2.05) is 24.3 Å². The van der Waals surface area contributed by atoms with Gasteiger partial charge in [0.15, 0.2) is 6.10 Å². The van der Waals surface area contributed by atoms with Crippen LogP contribution >= 0.6 is 0 Å². The lowest BCUT2D eigenvalue weighted by atomic mass is 10.0. The van der Waals surface area contributed by atoms with Crippen molar-refractivity contribution in [2.75, 3.05) is 5.32 Å². The molecule has 0 aromatic heterocycles. The number of hydrogen-bond acceptors (Lipinski definition) is 3. The van der Waals surface area contributed by atoms with Crippen LogP contribution in [0.3, 0.4) is 0 Å². The summed E-state index contributed by atoms with van der Waals surface area (Å²) in [6.07, 6.45) is -0.712. The molecular weight excluding hydrogens is 343 g/mol. The molecule has 0 fully saturated rings. The van der Waals surface area contributed by atoms with E-state index in [4.69, 9.17) is 10.00 Å². The number of carbonyl (C=O) groups is 1. The van der Waals surface area contributed by atoms with E-state index in [2.05, 4.69) is 11.4 Å². The zero-order valence-electron chi connectivity index (χ0n) is 14.6. The summed E-state index contributed by atoms with van der Waals surface area (Å²) in [5.41, 5.74) is 3.09. The van der Waals surface area contributed by atoms with E-state index in [1.165, 1.54) is 24.3 Å². The SMILES string of the molecule is CC(Oc1ccc(-c2ccc(C#N)cc2)cc1)C(=O)Nc1ccc(F)cc1. The van der Waals surface area contributed by atoms with Crippen LogP contribution in [0.4, 0.5) is 10.1 Å². The minimum absolute atomic E-state index is 0.322. The minimum Gasteiger partial charge on any atom is -0.481 e. The van der Waals surface area contributed by atoms with Crippen LogP contribution in [-0.4, -0.2) is 12.0 Å². The summed E-state index contributed by atoms with van der Waals surface area (Å²) in [5, 5.41) is 11.5. The first kappa shape index (κ1) is 18.2. The standard InChI is InChI=1S/C22H17FN2O2/c1-15(22(26)25-20-10-8-19(23)9-11-20)27-21-12-6-18(7-13-21)17-4-2-16(14-24)3-5-17/h2-13,15H,1H3,(H,25,26). The Balaban J connectivity index is 1.62. The zero-order valence-corrected chi connectivity index (χ0v) is 14.6. The number of carbonyl (C=O) groups excluding carboxylic acids is 1. The van der Waals surface area contributed by atoms with Crippen molar-refractivity contribution in [3.8, 4) is 22.9 Å². The Morgan fingerprint density at radius 1 is 0.963 bits per heavy atom. The van der Waals surface area contributed by atoms with Gasteiger partial charge in [-0.1, -0.05) is 24.3 Å². The van der Waals surface area contributed by atoms with Gasteiger partial charge in [-0.25, -0.2) is 4.39 Å². The smallest absolute Gasteiger partial charge is 0.265 e. The molecule has 1 N–H and O–H groups in total. The van der Waals surface area contributed by atoms with E-state index in [0.29, 0.717) is 17.0 Å². The predicted molar refractivity (Wildman–Crippen MR) is 102 cm³/mol. The summed E-state index contributed by atoms with van der Waals surface area (Å²) in [7, 11) is 0. The van der Waals surface area contributed by atoms with Crippen molar-refractivity contribution in [3.05, 3.63) is 84.2 Å². The third-order valence-electron chi connectivity index (χ3n) is 4.00. The maximum Gasteiger partial charge on any atom is 0.265 e. The lowest BCUT2D eigenvalue weighted by Crippen LogP contribution is -2.30. The van der Waals surface area contributed by atoms with Crippen LogP contribution in [0.1, 0.15) is 12.5 Å². The molecule has 0 bridgehead atoms. The first-order valence-electron chi connectivity index (χ1n) is 8.39. The summed E-state index contributed by atoms with van der Waals surface area (Å²) in [5.74, 6) is -0.119. The number of hydrogen-bond donors (Lipinski definition) is 1. The molecule has 1 amide bonds. The van der Waals surface area contributed by atoms with E-state index in [9.17, 15) is 9.18 Å². The molecule has 134 valence electrons. The van der Waals surface area contributed by atoms with Crippen LogP contribution in [0.5, 0.6) is 5.75 Å². The number of benzene rings is 3. The van der Waals surface area contributed by atoms with Gasteiger partial charge in [-0.3, -0.25) is 4.79 Å². The monoisotopic (exact) mass is 360 g/mol. The van der Waals surface area contributed by atoms with Gasteiger partial charge in [0, 0.05) is 5.69 Å². The average Bonchev–Trinajstić information content (AvgIpc) is 2.70. The Morgan fingerprint density at radius 2 is 1.52 bits per heavy atom. The molecule has 4 nitrogen and oxygen atoms in total. The molecule has 1 unspecified atom stereocenters. The highest BCUT2D eigenvalue weighted by Gasteiger charge is 2.15. The van der Waals surface area contributed by atoms with Crippen LogP contribution in [0.2, 0.25) is 0 Å². The molecule has 3 aromatic carbocycles. The Hall–Kier alpha value is -3.65. The van der Waals surface area contributed by atoms with Crippen molar-refractivity contribution in [1.29, 1.82) is 5.26 Å². The molecule has 0 aliphatic rings. The molecule has 0 aliphatic heterocycles. The number of ether oxygens (including phenoxy) is 1. The highest BCUT2D eigenvalue weighted by Crippen LogP contribution is 2.23. The van der Waals surface area contributed by atoms with Crippen molar-refractivity contribution in [1.82, 2.24) is 0 Å². The number of anilines is 1. The molecule has 0 spiro atoms. The van der Waals surface area contributed by atoms with Crippen LogP contribution in [0.25, 0.3) is 11.1 Å². The molecule has 27 heavy (non-hydrogen) atoms. The van der Waals surface area contributed by atoms with Crippen LogP contribution in [0, 0.1) is 17.1 Å². The van der Waals surface area contributed by atoms with Gasteiger partial charge in [0.25, 0.3) is 5.91 Å². The second-order valence-electron chi connectivity index (χ2n) is 5.97. The van der Waals surface area contributed by atoms with Gasteiger partial charge in [-0.05, 0) is 66.6 Å². The number of amides is 1. The largest absolute Gasteiger partial charge is 0.481 e. The number of nitriles is 1. The lowest BCUT2D eigenvalue weighted by Gasteiger charge is -2.15. The van der Waals surface area contributed by atoms with Crippen LogP contribution in [-0.2, 0) is 4.79 Å². The van der Waals surface area contributed by atoms with Crippen molar-refractivity contribution < 1.29 is 13.9 Å². The summed E-state index contributed by atoms with van der Waals surface area (Å²) in [6, 6.07) is 22.3. The third kappa shape index (κ3) is 4.71. The second kappa shape index (κ2) is 8.15. The van der Waals surface area contributed by atoms with Crippen molar-refractivity contribution in [2.45, 2.75) is 13.0 Å². The maximum absolute atomic E-state index is 12.9. The van der Waals surface area contributed by atoms with Crippen molar-refractivity contribution in [3.63, 3.8) is 0 Å². The van der Waals surface area contributed by atoms with Gasteiger partial charge >= 0.3 is 0 Å². The van der Waals surface area contributed by atoms with E-state index in [-0.39, 0.29) is 11.7 Å². The molecule has 3 rings (SSSR count). The summed E-state index contributed by atoms with van der Waals surface area (Å²) in [4.78, 5) is 12.2. The van der Waals surface area contributed by atoms with E-state index in [0.717, 1.165) is 11.1 Å². The lowest BCUT2D eigenvalue weighted by molar-refractivity contribution is -0.122. The summed E-state index contributed by atoms with van der Waals surface area (Å²) in [6.45, 7) is 1.65. The summed E-state index contributed by atoms with van der Waals surface area (Å²) >= 11 is 0. The molecule has 0 saturated heterocycles. The average molecular weight is 360 g/mol. The maximum atomic E-state index is 12.9. The molecule has 5 heteroatoms. The highest BCUT2D eigenvalue weighted by atomic mass is 19.1. The van der Waals surface area contributed by atoms with E-state index >= 15 is 0 Å². The second-order valence-corrected chi connectivity index (χ2v) is 5.97. The van der Waals surface area contributed by atoms with Crippen molar-refractivity contribution in [2.24, 2.45) is 0 Å². The van der Waals surface area contributed by atoms with Gasteiger partial charge in [0.05, 0.1) is 11.6 Å². The Kier molecular flexibility index (Phi) is 5.48. The highest BCUT2D eigenvalue weighted by molar-refractivity contribution is 5.94. The van der Waals surface area contributed by atoms with Crippen LogP contribution in [0.15, 0.2) is 72.8 Å². The number of nitrogens with zero attached hydrogens (tertiary/aromatic N) is 1. The fraction of sp³-hybridized carbons (Fsp3) is 0.0909. The van der Waals surface area contributed by atoms with Gasteiger partial charge < -0.3 is 10.1 Å². The molecule has 0 saturated carbocycles. The fourth-order valence-electron chi connectivity index (χ4n) is 2.50. The van der Waals surface area contributed by atoms with Gasteiger partial charge in [0.1, 0.15) is 11.6 Å². The van der Waals surface area contributed by atoms with Gasteiger partial charge in [-0.15, -0.1) is 0 Å². The quantitative estimate of drug-likeness (QED) is 0.713. The molecule has 0 heterocycles. The molecule has 3 aromatic rings. The number of nitrogens with one attached hydrogen (secondary N) is 1. The summed E-state index contributed by atoms with van der Waals surface area (Å²) < 4.78 is 18.6. The Bertz CT molecular complexity index is 959. The van der Waals surface area contributed by atoms with Crippen LogP contribution < -0.4 is 10.1 Å².